The van der Waals surface area contributed by atoms with Crippen LogP contribution in [0.3, 0.4) is 0 Å². The molecule has 28 heavy (non-hydrogen) atoms. The molecule has 2 aromatic rings. The quantitative estimate of drug-likeness (QED) is 0.471. The molecule has 0 atom stereocenters. The van der Waals surface area contributed by atoms with Gasteiger partial charge in [-0.1, -0.05) is 6.07 Å². The Kier molecular flexibility index (Phi) is 6.96. The van der Waals surface area contributed by atoms with E-state index in [0.29, 0.717) is 11.3 Å². The number of anilines is 1. The van der Waals surface area contributed by atoms with E-state index in [4.69, 9.17) is 9.84 Å². The number of carbonyl (C=O) groups excluding carboxylic acids is 1. The van der Waals surface area contributed by atoms with Gasteiger partial charge in [-0.25, -0.2) is 10.2 Å². The summed E-state index contributed by atoms with van der Waals surface area (Å²) in [4.78, 5) is 22.1. The Bertz CT molecular complexity index is 852. The number of nitrogens with one attached hydrogen (secondary N) is 2. The van der Waals surface area contributed by atoms with Crippen molar-refractivity contribution in [2.45, 2.75) is 6.18 Å². The summed E-state index contributed by atoms with van der Waals surface area (Å²) in [6.07, 6.45) is -3.11. The van der Waals surface area contributed by atoms with Crippen molar-refractivity contribution in [3.05, 3.63) is 59.7 Å². The molecule has 0 radical (unpaired) electrons. The van der Waals surface area contributed by atoms with Gasteiger partial charge in [0.2, 0.25) is 0 Å². The van der Waals surface area contributed by atoms with E-state index in [1.165, 1.54) is 18.3 Å². The zero-order valence-corrected chi connectivity index (χ0v) is 14.4. The van der Waals surface area contributed by atoms with Crippen molar-refractivity contribution in [3.63, 3.8) is 0 Å². The molecule has 0 heterocycles. The van der Waals surface area contributed by atoms with Gasteiger partial charge in [0.25, 0.3) is 5.91 Å². The topological polar surface area (TPSA) is 100 Å². The van der Waals surface area contributed by atoms with Gasteiger partial charge in [-0.15, -0.1) is 0 Å². The van der Waals surface area contributed by atoms with Gasteiger partial charge < -0.3 is 15.2 Å². The van der Waals surface area contributed by atoms with E-state index in [1.807, 2.05) is 0 Å². The first kappa shape index (κ1) is 20.7. The second kappa shape index (κ2) is 9.40. The lowest BCUT2D eigenvalue weighted by atomic mass is 10.2. The number of carboxylic acids is 1. The van der Waals surface area contributed by atoms with E-state index in [9.17, 15) is 22.8 Å². The Morgan fingerprint density at radius 3 is 2.50 bits per heavy atom. The third-order valence-corrected chi connectivity index (χ3v) is 3.29. The number of aliphatic carboxylic acids is 1. The van der Waals surface area contributed by atoms with Gasteiger partial charge in [0.05, 0.1) is 18.3 Å². The van der Waals surface area contributed by atoms with Crippen LogP contribution in [0.2, 0.25) is 0 Å². The molecule has 2 rings (SSSR count). The van der Waals surface area contributed by atoms with Crippen LogP contribution in [-0.2, 0) is 15.8 Å². The zero-order chi connectivity index (χ0) is 20.6. The summed E-state index contributed by atoms with van der Waals surface area (Å²) in [6, 6.07) is 10.8. The average Bonchev–Trinajstić information content (AvgIpc) is 2.65. The molecule has 1 amide bonds. The minimum atomic E-state index is -4.46. The van der Waals surface area contributed by atoms with E-state index in [-0.39, 0.29) is 12.2 Å². The van der Waals surface area contributed by atoms with Crippen LogP contribution in [0.15, 0.2) is 53.6 Å². The van der Waals surface area contributed by atoms with Crippen molar-refractivity contribution in [2.24, 2.45) is 5.10 Å². The molecule has 0 aromatic heterocycles. The average molecular weight is 395 g/mol. The van der Waals surface area contributed by atoms with Crippen LogP contribution in [-0.4, -0.2) is 36.3 Å². The van der Waals surface area contributed by atoms with Crippen molar-refractivity contribution in [3.8, 4) is 5.75 Å². The highest BCUT2D eigenvalue weighted by molar-refractivity contribution is 5.84. The molecular weight excluding hydrogens is 379 g/mol. The number of hydrogen-bond acceptors (Lipinski definition) is 5. The smallest absolute Gasteiger partial charge is 0.416 e. The molecule has 0 aliphatic heterocycles. The van der Waals surface area contributed by atoms with Gasteiger partial charge in [-0.3, -0.25) is 4.79 Å². The van der Waals surface area contributed by atoms with Crippen LogP contribution in [0, 0.1) is 0 Å². The minimum Gasteiger partial charge on any atom is -0.482 e. The number of alkyl halides is 3. The lowest BCUT2D eigenvalue weighted by Crippen LogP contribution is -2.26. The molecule has 0 aliphatic rings. The summed E-state index contributed by atoms with van der Waals surface area (Å²) in [5.41, 5.74) is 2.20. The van der Waals surface area contributed by atoms with E-state index < -0.39 is 30.2 Å². The van der Waals surface area contributed by atoms with E-state index in [1.54, 1.807) is 24.3 Å². The lowest BCUT2D eigenvalue weighted by molar-refractivity contribution is -0.139. The summed E-state index contributed by atoms with van der Waals surface area (Å²) in [5, 5.41) is 14.8. The maximum absolute atomic E-state index is 12.6. The minimum absolute atomic E-state index is 0.158. The van der Waals surface area contributed by atoms with Gasteiger partial charge in [0, 0.05) is 5.69 Å². The highest BCUT2D eigenvalue weighted by atomic mass is 19.4. The molecule has 2 aromatic carbocycles. The molecule has 0 aliphatic carbocycles. The first-order chi connectivity index (χ1) is 13.2. The van der Waals surface area contributed by atoms with E-state index in [0.717, 1.165) is 12.1 Å². The number of hydrazone groups is 1. The Morgan fingerprint density at radius 1 is 1.14 bits per heavy atom. The summed E-state index contributed by atoms with van der Waals surface area (Å²) < 4.78 is 42.9. The van der Waals surface area contributed by atoms with Gasteiger partial charge >= 0.3 is 12.1 Å². The predicted molar refractivity (Wildman–Crippen MR) is 95.2 cm³/mol. The second-order valence-corrected chi connectivity index (χ2v) is 5.48. The lowest BCUT2D eigenvalue weighted by Gasteiger charge is -2.10. The fraction of sp³-hybridized carbons (Fsp3) is 0.167. The number of ether oxygens (including phenoxy) is 1. The van der Waals surface area contributed by atoms with Crippen molar-refractivity contribution in [1.82, 2.24) is 5.43 Å². The number of hydrogen-bond donors (Lipinski definition) is 3. The molecule has 0 unspecified atom stereocenters. The summed E-state index contributed by atoms with van der Waals surface area (Å²) in [5.74, 6) is -1.27. The molecule has 0 spiro atoms. The SMILES string of the molecule is O=C(O)COc1ccc(/C=N/NC(=O)CNc2cccc(C(F)(F)F)c2)cc1. The Balaban J connectivity index is 1.80. The molecule has 0 fully saturated rings. The standard InChI is InChI=1S/C18H16F3N3O4/c19-18(20,21)13-2-1-3-14(8-13)22-10-16(25)24-23-9-12-4-6-15(7-5-12)28-11-17(26)27/h1-9,22H,10-11H2,(H,24,25)(H,26,27)/b23-9+. The van der Waals surface area contributed by atoms with Crippen molar-refractivity contribution in [2.75, 3.05) is 18.5 Å². The van der Waals surface area contributed by atoms with Crippen molar-refractivity contribution < 1.29 is 32.6 Å². The van der Waals surface area contributed by atoms with Crippen LogP contribution >= 0.6 is 0 Å². The zero-order valence-electron chi connectivity index (χ0n) is 14.4. The van der Waals surface area contributed by atoms with Crippen LogP contribution < -0.4 is 15.5 Å². The van der Waals surface area contributed by atoms with E-state index in [2.05, 4.69) is 15.8 Å². The van der Waals surface area contributed by atoms with Crippen molar-refractivity contribution >= 4 is 23.8 Å². The third kappa shape index (κ3) is 6.98. The van der Waals surface area contributed by atoms with Gasteiger partial charge in [-0.05, 0) is 48.0 Å². The van der Waals surface area contributed by atoms with Crippen LogP contribution in [0.1, 0.15) is 11.1 Å². The van der Waals surface area contributed by atoms with Gasteiger partial charge in [0.15, 0.2) is 6.61 Å². The van der Waals surface area contributed by atoms with E-state index >= 15 is 0 Å². The van der Waals surface area contributed by atoms with Gasteiger partial charge in [0.1, 0.15) is 5.75 Å². The Morgan fingerprint density at radius 2 is 1.86 bits per heavy atom. The molecule has 7 nitrogen and oxygen atoms in total. The number of carboxylic acid groups (broad SMARTS) is 1. The molecule has 3 N–H and O–H groups in total. The molecule has 0 saturated heterocycles. The summed E-state index contributed by atoms with van der Waals surface area (Å²) in [6.45, 7) is -0.719. The summed E-state index contributed by atoms with van der Waals surface area (Å²) in [7, 11) is 0. The monoisotopic (exact) mass is 395 g/mol. The Labute approximate surface area is 157 Å². The highest BCUT2D eigenvalue weighted by Gasteiger charge is 2.30. The first-order valence-electron chi connectivity index (χ1n) is 7.92. The number of amides is 1. The maximum atomic E-state index is 12.6. The molecule has 0 saturated carbocycles. The molecular formula is C18H16F3N3O4. The molecule has 10 heteroatoms. The number of carbonyl (C=O) groups is 2. The van der Waals surface area contributed by atoms with Gasteiger partial charge in [-0.2, -0.15) is 18.3 Å². The van der Waals surface area contributed by atoms with Crippen LogP contribution in [0.5, 0.6) is 5.75 Å². The second-order valence-electron chi connectivity index (χ2n) is 5.48. The number of rotatable bonds is 8. The normalized spacial score (nSPS) is 11.2. The number of benzene rings is 2. The molecule has 0 bridgehead atoms. The fourth-order valence-electron chi connectivity index (χ4n) is 2.00. The highest BCUT2D eigenvalue weighted by Crippen LogP contribution is 2.30. The van der Waals surface area contributed by atoms with Crippen LogP contribution in [0.4, 0.5) is 18.9 Å². The summed E-state index contributed by atoms with van der Waals surface area (Å²) >= 11 is 0. The predicted octanol–water partition coefficient (Wildman–Crippen LogP) is 2.73. The first-order valence-corrected chi connectivity index (χ1v) is 7.92. The number of nitrogens with zero attached hydrogens (tertiary/aromatic N) is 1. The Hall–Kier alpha value is -3.56. The molecule has 148 valence electrons. The van der Waals surface area contributed by atoms with Crippen molar-refractivity contribution in [1.29, 1.82) is 0 Å². The fourth-order valence-corrected chi connectivity index (χ4v) is 2.00. The third-order valence-electron chi connectivity index (χ3n) is 3.29. The van der Waals surface area contributed by atoms with Crippen LogP contribution in [0.25, 0.3) is 0 Å². The largest absolute Gasteiger partial charge is 0.482 e. The maximum Gasteiger partial charge on any atom is 0.416 e. The number of halogens is 3.